The molecule has 1 atom stereocenters. The summed E-state index contributed by atoms with van der Waals surface area (Å²) in [6.45, 7) is 1.44. The molecule has 0 aliphatic carbocycles. The van der Waals surface area contributed by atoms with Gasteiger partial charge in [0.2, 0.25) is 0 Å². The highest BCUT2D eigenvalue weighted by molar-refractivity contribution is 5.64. The number of hydrogen-bond donors (Lipinski definition) is 3. The molecule has 1 saturated heterocycles. The van der Waals surface area contributed by atoms with E-state index in [1.165, 1.54) is 0 Å². The summed E-state index contributed by atoms with van der Waals surface area (Å²) in [6, 6.07) is 1.79. The van der Waals surface area contributed by atoms with Crippen molar-refractivity contribution in [2.24, 2.45) is 0 Å². The lowest BCUT2D eigenvalue weighted by Crippen LogP contribution is -2.37. The molecule has 4 N–H and O–H groups in total. The molecule has 1 aliphatic rings. The van der Waals surface area contributed by atoms with Crippen molar-refractivity contribution in [1.29, 1.82) is 0 Å². The van der Waals surface area contributed by atoms with Crippen LogP contribution in [0.15, 0.2) is 18.5 Å². The van der Waals surface area contributed by atoms with Crippen LogP contribution in [0.2, 0.25) is 0 Å². The van der Waals surface area contributed by atoms with E-state index in [0.29, 0.717) is 31.9 Å². The second-order valence-electron chi connectivity index (χ2n) is 3.84. The monoisotopic (exact) mass is 209 g/mol. The van der Waals surface area contributed by atoms with Crippen LogP contribution in [0.5, 0.6) is 0 Å². The molecule has 1 aromatic heterocycles. The molecule has 2 rings (SSSR count). The van der Waals surface area contributed by atoms with Crippen LogP contribution in [-0.4, -0.2) is 35.5 Å². The Hall–Kier alpha value is -1.33. The number of anilines is 2. The van der Waals surface area contributed by atoms with Crippen LogP contribution in [0.1, 0.15) is 6.42 Å². The minimum atomic E-state index is -0.768. The Morgan fingerprint density at radius 1 is 1.67 bits per heavy atom. The number of nitrogen functional groups attached to an aromatic ring is 1. The standard InChI is InChI=1S/C10H15N3O2/c11-8-5-12-3-1-9(8)13-6-10(14)2-4-15-7-10/h1,3,5,14H,2,4,6-7,11H2,(H,12,13). The van der Waals surface area contributed by atoms with Crippen molar-refractivity contribution in [2.45, 2.75) is 12.0 Å². The van der Waals surface area contributed by atoms with Crippen molar-refractivity contribution in [3.8, 4) is 0 Å². The summed E-state index contributed by atoms with van der Waals surface area (Å²) >= 11 is 0. The van der Waals surface area contributed by atoms with Crippen molar-refractivity contribution >= 4 is 11.4 Å². The third kappa shape index (κ3) is 2.37. The van der Waals surface area contributed by atoms with Crippen molar-refractivity contribution in [3.63, 3.8) is 0 Å². The average molecular weight is 209 g/mol. The number of hydrogen-bond acceptors (Lipinski definition) is 5. The van der Waals surface area contributed by atoms with E-state index in [2.05, 4.69) is 10.3 Å². The van der Waals surface area contributed by atoms with E-state index in [1.54, 1.807) is 18.5 Å². The van der Waals surface area contributed by atoms with E-state index in [1.807, 2.05) is 0 Å². The lowest BCUT2D eigenvalue weighted by Gasteiger charge is -2.21. The molecule has 1 aliphatic heterocycles. The first kappa shape index (κ1) is 10.2. The van der Waals surface area contributed by atoms with Gasteiger partial charge in [0, 0.05) is 25.8 Å². The van der Waals surface area contributed by atoms with Gasteiger partial charge in [-0.15, -0.1) is 0 Å². The Labute approximate surface area is 88.3 Å². The molecule has 5 heteroatoms. The summed E-state index contributed by atoms with van der Waals surface area (Å²) in [5.41, 5.74) is 6.32. The average Bonchev–Trinajstić information content (AvgIpc) is 2.65. The molecule has 5 nitrogen and oxygen atoms in total. The van der Waals surface area contributed by atoms with Gasteiger partial charge in [0.25, 0.3) is 0 Å². The second-order valence-corrected chi connectivity index (χ2v) is 3.84. The molecule has 15 heavy (non-hydrogen) atoms. The van der Waals surface area contributed by atoms with Gasteiger partial charge in [0.05, 0.1) is 24.2 Å². The maximum absolute atomic E-state index is 10.00. The summed E-state index contributed by atoms with van der Waals surface area (Å²) in [6.07, 6.45) is 3.90. The quantitative estimate of drug-likeness (QED) is 0.664. The fourth-order valence-electron chi connectivity index (χ4n) is 1.56. The van der Waals surface area contributed by atoms with Gasteiger partial charge in [-0.3, -0.25) is 4.98 Å². The normalized spacial score (nSPS) is 25.4. The van der Waals surface area contributed by atoms with E-state index >= 15 is 0 Å². The number of nitrogens with one attached hydrogen (secondary N) is 1. The largest absolute Gasteiger partial charge is 0.396 e. The molecule has 0 saturated carbocycles. The van der Waals surface area contributed by atoms with Gasteiger partial charge < -0.3 is 20.9 Å². The maximum Gasteiger partial charge on any atom is 0.107 e. The molecule has 1 unspecified atom stereocenters. The van der Waals surface area contributed by atoms with Crippen LogP contribution in [0.4, 0.5) is 11.4 Å². The zero-order valence-electron chi connectivity index (χ0n) is 8.44. The number of nitrogens with two attached hydrogens (primary N) is 1. The number of rotatable bonds is 3. The SMILES string of the molecule is Nc1cnccc1NCC1(O)CCOC1. The molecular formula is C10H15N3O2. The minimum Gasteiger partial charge on any atom is -0.396 e. The van der Waals surface area contributed by atoms with Crippen molar-refractivity contribution in [2.75, 3.05) is 30.8 Å². The summed E-state index contributed by atoms with van der Waals surface area (Å²) in [5, 5.41) is 13.1. The highest BCUT2D eigenvalue weighted by Gasteiger charge is 2.31. The number of nitrogens with zero attached hydrogens (tertiary/aromatic N) is 1. The number of aliphatic hydroxyl groups is 1. The van der Waals surface area contributed by atoms with Gasteiger partial charge >= 0.3 is 0 Å². The van der Waals surface area contributed by atoms with Gasteiger partial charge in [-0.05, 0) is 6.07 Å². The van der Waals surface area contributed by atoms with Gasteiger partial charge in [0.1, 0.15) is 5.60 Å². The van der Waals surface area contributed by atoms with E-state index in [4.69, 9.17) is 10.5 Å². The van der Waals surface area contributed by atoms with E-state index in [-0.39, 0.29) is 0 Å². The molecule has 0 amide bonds. The van der Waals surface area contributed by atoms with Crippen LogP contribution >= 0.6 is 0 Å². The molecule has 1 aromatic rings. The predicted molar refractivity (Wildman–Crippen MR) is 57.5 cm³/mol. The fraction of sp³-hybridized carbons (Fsp3) is 0.500. The van der Waals surface area contributed by atoms with Gasteiger partial charge in [-0.2, -0.15) is 0 Å². The zero-order valence-corrected chi connectivity index (χ0v) is 8.44. The smallest absolute Gasteiger partial charge is 0.107 e. The molecule has 0 radical (unpaired) electrons. The molecular weight excluding hydrogens is 194 g/mol. The predicted octanol–water partition coefficient (Wildman–Crippen LogP) is 0.227. The molecule has 0 aromatic carbocycles. The van der Waals surface area contributed by atoms with Crippen LogP contribution in [-0.2, 0) is 4.74 Å². The Morgan fingerprint density at radius 3 is 3.20 bits per heavy atom. The summed E-state index contributed by atoms with van der Waals surface area (Å²) in [4.78, 5) is 3.89. The van der Waals surface area contributed by atoms with E-state index in [9.17, 15) is 5.11 Å². The Bertz CT molecular complexity index is 337. The number of aromatic nitrogens is 1. The van der Waals surface area contributed by atoms with Crippen molar-refractivity contribution < 1.29 is 9.84 Å². The number of ether oxygens (including phenoxy) is 1. The third-order valence-electron chi connectivity index (χ3n) is 2.54. The first-order valence-corrected chi connectivity index (χ1v) is 4.93. The first-order valence-electron chi connectivity index (χ1n) is 4.93. The van der Waals surface area contributed by atoms with E-state index in [0.717, 1.165) is 5.69 Å². The second kappa shape index (κ2) is 4.04. The summed E-state index contributed by atoms with van der Waals surface area (Å²) < 4.78 is 5.15. The Morgan fingerprint density at radius 2 is 2.53 bits per heavy atom. The molecule has 0 spiro atoms. The van der Waals surface area contributed by atoms with Gasteiger partial charge in [-0.25, -0.2) is 0 Å². The Balaban J connectivity index is 1.95. The molecule has 2 heterocycles. The van der Waals surface area contributed by atoms with Crippen LogP contribution < -0.4 is 11.1 Å². The lowest BCUT2D eigenvalue weighted by atomic mass is 10.0. The molecule has 1 fully saturated rings. The third-order valence-corrected chi connectivity index (χ3v) is 2.54. The summed E-state index contributed by atoms with van der Waals surface area (Å²) in [7, 11) is 0. The zero-order chi connectivity index (χ0) is 10.7. The maximum atomic E-state index is 10.00. The van der Waals surface area contributed by atoms with E-state index < -0.39 is 5.60 Å². The van der Waals surface area contributed by atoms with Gasteiger partial charge in [0.15, 0.2) is 0 Å². The Kier molecular flexibility index (Phi) is 2.75. The molecule has 0 bridgehead atoms. The highest BCUT2D eigenvalue weighted by Crippen LogP contribution is 2.21. The fourth-order valence-corrected chi connectivity index (χ4v) is 1.56. The van der Waals surface area contributed by atoms with Crippen LogP contribution in [0, 0.1) is 0 Å². The lowest BCUT2D eigenvalue weighted by molar-refractivity contribution is 0.0382. The number of pyridine rings is 1. The van der Waals surface area contributed by atoms with Crippen molar-refractivity contribution in [1.82, 2.24) is 4.98 Å². The van der Waals surface area contributed by atoms with Crippen molar-refractivity contribution in [3.05, 3.63) is 18.5 Å². The van der Waals surface area contributed by atoms with Crippen LogP contribution in [0.3, 0.4) is 0 Å². The summed E-state index contributed by atoms with van der Waals surface area (Å²) in [5.74, 6) is 0. The van der Waals surface area contributed by atoms with Gasteiger partial charge in [-0.1, -0.05) is 0 Å². The molecule has 82 valence electrons. The van der Waals surface area contributed by atoms with Crippen LogP contribution in [0.25, 0.3) is 0 Å². The first-order chi connectivity index (χ1) is 7.20. The topological polar surface area (TPSA) is 80.4 Å². The minimum absolute atomic E-state index is 0.380. The highest BCUT2D eigenvalue weighted by atomic mass is 16.5.